The lowest BCUT2D eigenvalue weighted by Gasteiger charge is -2.05. The summed E-state index contributed by atoms with van der Waals surface area (Å²) in [6.45, 7) is 0.323. The molecule has 0 saturated heterocycles. The summed E-state index contributed by atoms with van der Waals surface area (Å²) in [4.78, 5) is 5.44. The second kappa shape index (κ2) is 6.53. The van der Waals surface area contributed by atoms with Gasteiger partial charge < -0.3 is 15.0 Å². The molecular weight excluding hydrogens is 250 g/mol. The predicted octanol–water partition coefficient (Wildman–Crippen LogP) is 2.01. The summed E-state index contributed by atoms with van der Waals surface area (Å²) >= 11 is 1.66. The van der Waals surface area contributed by atoms with Crippen molar-refractivity contribution in [3.05, 3.63) is 42.0 Å². The molecule has 0 aliphatic heterocycles. The predicted molar refractivity (Wildman–Crippen MR) is 69.1 cm³/mol. The highest BCUT2D eigenvalue weighted by atomic mass is 32.2. The van der Waals surface area contributed by atoms with E-state index in [1.165, 1.54) is 4.90 Å². The molecule has 2 N–H and O–H groups in total. The molecule has 0 radical (unpaired) electrons. The van der Waals surface area contributed by atoms with E-state index in [-0.39, 0.29) is 6.10 Å². The van der Waals surface area contributed by atoms with E-state index >= 15 is 0 Å². The summed E-state index contributed by atoms with van der Waals surface area (Å²) < 4.78 is 10.3. The number of nitrogens with zero attached hydrogens (tertiary/aromatic N) is 2. The minimum Gasteiger partial charge on any atom is -0.370 e. The zero-order valence-corrected chi connectivity index (χ0v) is 10.9. The molecule has 1 atom stereocenters. The van der Waals surface area contributed by atoms with Crippen LogP contribution in [0.15, 0.2) is 39.8 Å². The summed E-state index contributed by atoms with van der Waals surface area (Å²) in [6.07, 6.45) is -0.326. The number of ether oxygens (including phenoxy) is 1. The van der Waals surface area contributed by atoms with E-state index in [1.54, 1.807) is 18.9 Å². The van der Waals surface area contributed by atoms with Gasteiger partial charge in [0, 0.05) is 18.6 Å². The fraction of sp³-hybridized carbons (Fsp3) is 0.333. The van der Waals surface area contributed by atoms with Crippen molar-refractivity contribution in [3.63, 3.8) is 0 Å². The standard InChI is InChI=1S/C12H15N3O2S/c1-16-10(7-13)12-14-11(15-17-12)8-18-9-5-3-2-4-6-9/h2-6,10H,7-8,13H2,1H3. The van der Waals surface area contributed by atoms with Gasteiger partial charge in [-0.15, -0.1) is 11.8 Å². The summed E-state index contributed by atoms with van der Waals surface area (Å²) in [7, 11) is 1.57. The Hall–Kier alpha value is -1.37. The highest BCUT2D eigenvalue weighted by Gasteiger charge is 2.16. The van der Waals surface area contributed by atoms with Crippen molar-refractivity contribution in [1.29, 1.82) is 0 Å². The van der Waals surface area contributed by atoms with Crippen LogP contribution >= 0.6 is 11.8 Å². The van der Waals surface area contributed by atoms with E-state index in [0.29, 0.717) is 24.0 Å². The van der Waals surface area contributed by atoms with Crippen molar-refractivity contribution < 1.29 is 9.26 Å². The van der Waals surface area contributed by atoms with Crippen molar-refractivity contribution in [2.24, 2.45) is 5.73 Å². The molecule has 0 fully saturated rings. The summed E-state index contributed by atoms with van der Waals surface area (Å²) in [5, 5.41) is 3.91. The first kappa shape index (κ1) is 13.1. The second-order valence-corrected chi connectivity index (χ2v) is 4.66. The van der Waals surface area contributed by atoms with Crippen LogP contribution in [0.2, 0.25) is 0 Å². The Morgan fingerprint density at radius 1 is 1.39 bits per heavy atom. The van der Waals surface area contributed by atoms with E-state index in [1.807, 2.05) is 30.3 Å². The number of rotatable bonds is 6. The van der Waals surface area contributed by atoms with Gasteiger partial charge in [0.15, 0.2) is 5.82 Å². The average Bonchev–Trinajstić information content (AvgIpc) is 2.88. The van der Waals surface area contributed by atoms with Gasteiger partial charge in [-0.2, -0.15) is 4.98 Å². The topological polar surface area (TPSA) is 74.2 Å². The van der Waals surface area contributed by atoms with Crippen LogP contribution < -0.4 is 5.73 Å². The first-order chi connectivity index (χ1) is 8.83. The van der Waals surface area contributed by atoms with Crippen molar-refractivity contribution >= 4 is 11.8 Å². The molecule has 18 heavy (non-hydrogen) atoms. The maximum absolute atomic E-state index is 5.53. The van der Waals surface area contributed by atoms with Crippen LogP contribution in [0.5, 0.6) is 0 Å². The number of thioether (sulfide) groups is 1. The molecule has 2 aromatic rings. The van der Waals surface area contributed by atoms with Crippen LogP contribution in [0, 0.1) is 0 Å². The van der Waals surface area contributed by atoms with Gasteiger partial charge in [0.2, 0.25) is 0 Å². The molecule has 0 aliphatic rings. The van der Waals surface area contributed by atoms with E-state index in [2.05, 4.69) is 10.1 Å². The smallest absolute Gasteiger partial charge is 0.257 e. The Kier molecular flexibility index (Phi) is 4.74. The molecule has 1 unspecified atom stereocenters. The van der Waals surface area contributed by atoms with Crippen molar-refractivity contribution in [1.82, 2.24) is 10.1 Å². The van der Waals surface area contributed by atoms with Gasteiger partial charge in [0.05, 0.1) is 5.75 Å². The number of aromatic nitrogens is 2. The number of methoxy groups -OCH3 is 1. The first-order valence-corrected chi connectivity index (χ1v) is 6.55. The normalized spacial score (nSPS) is 12.6. The zero-order chi connectivity index (χ0) is 12.8. The highest BCUT2D eigenvalue weighted by molar-refractivity contribution is 7.98. The SMILES string of the molecule is COC(CN)c1nc(CSc2ccccc2)no1. The zero-order valence-electron chi connectivity index (χ0n) is 10.1. The van der Waals surface area contributed by atoms with Gasteiger partial charge in [-0.05, 0) is 12.1 Å². The largest absolute Gasteiger partial charge is 0.370 e. The van der Waals surface area contributed by atoms with Gasteiger partial charge in [0.25, 0.3) is 5.89 Å². The molecule has 2 rings (SSSR count). The van der Waals surface area contributed by atoms with E-state index in [4.69, 9.17) is 15.0 Å². The van der Waals surface area contributed by atoms with E-state index < -0.39 is 0 Å². The highest BCUT2D eigenvalue weighted by Crippen LogP contribution is 2.22. The van der Waals surface area contributed by atoms with Gasteiger partial charge in [-0.3, -0.25) is 0 Å². The average molecular weight is 265 g/mol. The third kappa shape index (κ3) is 3.32. The molecule has 0 bridgehead atoms. The van der Waals surface area contributed by atoms with Crippen LogP contribution in [0.1, 0.15) is 17.8 Å². The van der Waals surface area contributed by atoms with Crippen molar-refractivity contribution in [3.8, 4) is 0 Å². The summed E-state index contributed by atoms with van der Waals surface area (Å²) in [5.74, 6) is 1.74. The number of hydrogen-bond acceptors (Lipinski definition) is 6. The lowest BCUT2D eigenvalue weighted by atomic mass is 10.3. The lowest BCUT2D eigenvalue weighted by Crippen LogP contribution is -2.14. The number of nitrogens with two attached hydrogens (primary N) is 1. The number of hydrogen-bond donors (Lipinski definition) is 1. The monoisotopic (exact) mass is 265 g/mol. The van der Waals surface area contributed by atoms with Crippen molar-refractivity contribution in [2.45, 2.75) is 16.8 Å². The Balaban J connectivity index is 1.95. The Labute approximate surface area is 110 Å². The van der Waals surface area contributed by atoms with Crippen LogP contribution in [0.4, 0.5) is 0 Å². The summed E-state index contributed by atoms with van der Waals surface area (Å²) in [5.41, 5.74) is 5.53. The number of benzene rings is 1. The Morgan fingerprint density at radius 2 is 2.17 bits per heavy atom. The van der Waals surface area contributed by atoms with Gasteiger partial charge in [-0.25, -0.2) is 0 Å². The van der Waals surface area contributed by atoms with Gasteiger partial charge in [-0.1, -0.05) is 23.4 Å². The molecular formula is C12H15N3O2S. The molecule has 1 heterocycles. The Bertz CT molecular complexity index is 471. The van der Waals surface area contributed by atoms with E-state index in [9.17, 15) is 0 Å². The van der Waals surface area contributed by atoms with E-state index in [0.717, 1.165) is 0 Å². The quantitative estimate of drug-likeness (QED) is 0.805. The molecule has 96 valence electrons. The minimum absolute atomic E-state index is 0.323. The molecule has 0 aliphatic carbocycles. The van der Waals surface area contributed by atoms with Crippen molar-refractivity contribution in [2.75, 3.05) is 13.7 Å². The first-order valence-electron chi connectivity index (χ1n) is 5.56. The third-order valence-corrected chi connectivity index (χ3v) is 3.38. The maximum Gasteiger partial charge on any atom is 0.257 e. The second-order valence-electron chi connectivity index (χ2n) is 3.61. The van der Waals surface area contributed by atoms with Crippen LogP contribution in [0.3, 0.4) is 0 Å². The van der Waals surface area contributed by atoms with Gasteiger partial charge in [0.1, 0.15) is 6.10 Å². The molecule has 1 aromatic carbocycles. The molecule has 5 nitrogen and oxygen atoms in total. The van der Waals surface area contributed by atoms with Gasteiger partial charge >= 0.3 is 0 Å². The minimum atomic E-state index is -0.326. The summed E-state index contributed by atoms with van der Waals surface area (Å²) in [6, 6.07) is 10.1. The van der Waals surface area contributed by atoms with Crippen LogP contribution in [-0.2, 0) is 10.5 Å². The molecule has 0 spiro atoms. The molecule has 1 aromatic heterocycles. The molecule has 6 heteroatoms. The fourth-order valence-electron chi connectivity index (χ4n) is 1.42. The molecule has 0 saturated carbocycles. The van der Waals surface area contributed by atoms with Crippen LogP contribution in [0.25, 0.3) is 0 Å². The Morgan fingerprint density at radius 3 is 2.83 bits per heavy atom. The lowest BCUT2D eigenvalue weighted by molar-refractivity contribution is 0.0804. The van der Waals surface area contributed by atoms with Crippen LogP contribution in [-0.4, -0.2) is 23.8 Å². The third-order valence-electron chi connectivity index (χ3n) is 2.37. The maximum atomic E-state index is 5.53. The molecule has 0 amide bonds. The fourth-order valence-corrected chi connectivity index (χ4v) is 2.18.